The van der Waals surface area contributed by atoms with E-state index in [1.807, 2.05) is 0 Å². The smallest absolute Gasteiger partial charge is 0.355 e. The highest BCUT2D eigenvalue weighted by Gasteiger charge is 2.32. The van der Waals surface area contributed by atoms with Crippen molar-refractivity contribution < 1.29 is 38.1 Å². The summed E-state index contributed by atoms with van der Waals surface area (Å²) in [7, 11) is 1.23. The lowest BCUT2D eigenvalue weighted by molar-refractivity contribution is 0.00614. The molecule has 0 spiro atoms. The van der Waals surface area contributed by atoms with E-state index in [1.54, 1.807) is 32.6 Å². The highest BCUT2D eigenvalue weighted by atomic mass is 19.1. The lowest BCUT2D eigenvalue weighted by Gasteiger charge is -2.32. The molecule has 3 aromatic rings. The highest BCUT2D eigenvalue weighted by molar-refractivity contribution is 5.98. The van der Waals surface area contributed by atoms with Crippen molar-refractivity contribution in [1.29, 1.82) is 0 Å². The molecule has 0 saturated heterocycles. The first-order valence-electron chi connectivity index (χ1n) is 13.0. The van der Waals surface area contributed by atoms with E-state index in [4.69, 9.17) is 9.47 Å². The maximum atomic E-state index is 13.7. The number of halogens is 2. The molecule has 1 heterocycles. The van der Waals surface area contributed by atoms with Crippen LogP contribution < -0.4 is 0 Å². The molecule has 2 atom stereocenters. The number of benzene rings is 2. The number of rotatable bonds is 11. The summed E-state index contributed by atoms with van der Waals surface area (Å²) >= 11 is 0. The van der Waals surface area contributed by atoms with Gasteiger partial charge in [-0.25, -0.2) is 18.4 Å². The molecule has 0 bridgehead atoms. The predicted molar refractivity (Wildman–Crippen MR) is 145 cm³/mol. The van der Waals surface area contributed by atoms with Gasteiger partial charge >= 0.3 is 11.9 Å². The van der Waals surface area contributed by atoms with Gasteiger partial charge in [0.1, 0.15) is 22.9 Å². The maximum absolute atomic E-state index is 13.7. The summed E-state index contributed by atoms with van der Waals surface area (Å²) in [5, 5.41) is 21.5. The fraction of sp³-hybridized carbons (Fsp3) is 0.400. The van der Waals surface area contributed by atoms with Gasteiger partial charge < -0.3 is 24.7 Å². The van der Waals surface area contributed by atoms with E-state index in [1.165, 1.54) is 55.6 Å². The number of hydrogen-bond donors (Lipinski definition) is 3. The van der Waals surface area contributed by atoms with E-state index in [0.717, 1.165) is 0 Å². The number of nitrogens with zero attached hydrogens (tertiary/aromatic N) is 1. The topological polar surface area (TPSA) is 112 Å². The van der Waals surface area contributed by atoms with Crippen molar-refractivity contribution >= 4 is 11.9 Å². The molecule has 3 N–H and O–H groups in total. The van der Waals surface area contributed by atoms with E-state index < -0.39 is 47.9 Å². The van der Waals surface area contributed by atoms with Crippen LogP contribution in [0.3, 0.4) is 0 Å². The van der Waals surface area contributed by atoms with Crippen LogP contribution in [-0.2, 0) is 22.4 Å². The highest BCUT2D eigenvalue weighted by Crippen LogP contribution is 2.30. The van der Waals surface area contributed by atoms with Crippen LogP contribution in [0.1, 0.15) is 83.1 Å². The Bertz CT molecular complexity index is 1300. The molecule has 8 nitrogen and oxygen atoms in total. The fourth-order valence-electron chi connectivity index (χ4n) is 4.55. The molecular formula is C30H36F2N2O6. The van der Waals surface area contributed by atoms with Gasteiger partial charge in [0.2, 0.25) is 0 Å². The van der Waals surface area contributed by atoms with Crippen LogP contribution in [-0.4, -0.2) is 57.9 Å². The lowest BCUT2D eigenvalue weighted by Crippen LogP contribution is -2.35. The van der Waals surface area contributed by atoms with E-state index in [-0.39, 0.29) is 24.3 Å². The molecule has 0 aliphatic carbocycles. The lowest BCUT2D eigenvalue weighted by atomic mass is 10.0. The molecule has 3 rings (SSSR count). The van der Waals surface area contributed by atoms with Crippen LogP contribution >= 0.6 is 0 Å². The molecule has 1 aromatic heterocycles. The first-order valence-corrected chi connectivity index (χ1v) is 13.0. The van der Waals surface area contributed by atoms with Crippen molar-refractivity contribution in [3.63, 3.8) is 0 Å². The van der Waals surface area contributed by atoms with Gasteiger partial charge in [-0.2, -0.15) is 0 Å². The Morgan fingerprint density at radius 3 is 2.00 bits per heavy atom. The number of methoxy groups -OCH3 is 1. The van der Waals surface area contributed by atoms with Crippen molar-refractivity contribution in [2.45, 2.75) is 58.4 Å². The summed E-state index contributed by atoms with van der Waals surface area (Å²) in [6, 6.07) is 10.2. The first kappa shape index (κ1) is 30.9. The Morgan fingerprint density at radius 2 is 1.52 bits per heavy atom. The molecule has 10 heteroatoms. The molecule has 0 radical (unpaired) electrons. The second-order valence-electron chi connectivity index (χ2n) is 10.4. The average molecular weight is 559 g/mol. The van der Waals surface area contributed by atoms with Crippen LogP contribution in [0.5, 0.6) is 0 Å². The standard InChI is InChI=1S/C30H36F2N2O6/c1-6-22-26(28(37)39-5)23(33-27(22)29(38)40-30(2,3)4)15-34(16-25(36)19-9-13-21(32)14-10-19)24(17-35)18-7-11-20(31)12-8-18/h7-14,24-25,33,35-36H,6,15-17H2,1-5H3/t24?,25-/m1/s1. The summed E-state index contributed by atoms with van der Waals surface area (Å²) in [4.78, 5) is 30.8. The molecule has 216 valence electrons. The molecular weight excluding hydrogens is 522 g/mol. The summed E-state index contributed by atoms with van der Waals surface area (Å²) in [6.07, 6.45) is -0.794. The van der Waals surface area contributed by atoms with E-state index >= 15 is 0 Å². The number of carbonyl (C=O) groups is 2. The van der Waals surface area contributed by atoms with Crippen LogP contribution in [0.4, 0.5) is 8.78 Å². The van der Waals surface area contributed by atoms with Gasteiger partial charge in [-0.15, -0.1) is 0 Å². The van der Waals surface area contributed by atoms with Gasteiger partial charge in [0.05, 0.1) is 31.4 Å². The Kier molecular flexibility index (Phi) is 10.2. The second-order valence-corrected chi connectivity index (χ2v) is 10.4. The third-order valence-corrected chi connectivity index (χ3v) is 6.42. The summed E-state index contributed by atoms with van der Waals surface area (Å²) in [5.74, 6) is -2.22. The van der Waals surface area contributed by atoms with Gasteiger partial charge in [0, 0.05) is 18.8 Å². The van der Waals surface area contributed by atoms with Gasteiger partial charge in [-0.05, 0) is 68.1 Å². The quantitative estimate of drug-likeness (QED) is 0.288. The molecule has 2 aromatic carbocycles. The molecule has 0 aliphatic heterocycles. The fourth-order valence-corrected chi connectivity index (χ4v) is 4.55. The average Bonchev–Trinajstić information content (AvgIpc) is 3.27. The molecule has 0 fully saturated rings. The number of hydrogen-bond acceptors (Lipinski definition) is 7. The molecule has 1 unspecified atom stereocenters. The van der Waals surface area contributed by atoms with Crippen LogP contribution in [0.2, 0.25) is 0 Å². The van der Waals surface area contributed by atoms with Crippen molar-refractivity contribution in [3.8, 4) is 0 Å². The summed E-state index contributed by atoms with van der Waals surface area (Å²) in [5.41, 5.74) is 1.20. The number of nitrogens with one attached hydrogen (secondary N) is 1. The monoisotopic (exact) mass is 558 g/mol. The molecule has 40 heavy (non-hydrogen) atoms. The van der Waals surface area contributed by atoms with Crippen LogP contribution in [0.25, 0.3) is 0 Å². The molecule has 0 amide bonds. The zero-order chi connectivity index (χ0) is 29.6. The summed E-state index contributed by atoms with van der Waals surface area (Å²) in [6.45, 7) is 6.48. The number of aromatic amines is 1. The van der Waals surface area contributed by atoms with Gasteiger partial charge in [-0.1, -0.05) is 31.2 Å². The summed E-state index contributed by atoms with van der Waals surface area (Å²) < 4.78 is 37.8. The molecule has 0 aliphatic rings. The number of carbonyl (C=O) groups excluding carboxylic acids is 2. The van der Waals surface area contributed by atoms with E-state index in [2.05, 4.69) is 4.98 Å². The predicted octanol–water partition coefficient (Wildman–Crippen LogP) is 4.87. The van der Waals surface area contributed by atoms with Crippen molar-refractivity contribution in [2.24, 2.45) is 0 Å². The van der Waals surface area contributed by atoms with Crippen molar-refractivity contribution in [1.82, 2.24) is 9.88 Å². The zero-order valence-corrected chi connectivity index (χ0v) is 23.3. The normalized spacial score (nSPS) is 13.2. The minimum atomic E-state index is -1.11. The minimum Gasteiger partial charge on any atom is -0.465 e. The number of ether oxygens (including phenoxy) is 2. The minimum absolute atomic E-state index is 0.0406. The maximum Gasteiger partial charge on any atom is 0.355 e. The Labute approximate surface area is 232 Å². The third kappa shape index (κ3) is 7.53. The van der Waals surface area contributed by atoms with Gasteiger partial charge in [0.25, 0.3) is 0 Å². The number of aromatic nitrogens is 1. The van der Waals surface area contributed by atoms with Crippen molar-refractivity contribution in [2.75, 3.05) is 20.3 Å². The largest absolute Gasteiger partial charge is 0.465 e. The Balaban J connectivity index is 2.10. The van der Waals surface area contributed by atoms with Crippen LogP contribution in [0, 0.1) is 11.6 Å². The van der Waals surface area contributed by atoms with Gasteiger partial charge in [-0.3, -0.25) is 4.90 Å². The van der Waals surface area contributed by atoms with Crippen LogP contribution in [0.15, 0.2) is 48.5 Å². The zero-order valence-electron chi connectivity index (χ0n) is 23.3. The van der Waals surface area contributed by atoms with Crippen molar-refractivity contribution in [3.05, 3.63) is 93.8 Å². The molecule has 0 saturated carbocycles. The number of aliphatic hydroxyl groups is 2. The number of aliphatic hydroxyl groups excluding tert-OH is 2. The Hall–Kier alpha value is -3.60. The first-order chi connectivity index (χ1) is 18.9. The SMILES string of the molecule is CCc1c(C(=O)OC(C)(C)C)[nH]c(CN(C[C@@H](O)c2ccc(F)cc2)C(CO)c2ccc(F)cc2)c1C(=O)OC. The third-order valence-electron chi connectivity index (χ3n) is 6.42. The number of esters is 2. The second kappa shape index (κ2) is 13.2. The number of H-pyrrole nitrogens is 1. The van der Waals surface area contributed by atoms with E-state index in [0.29, 0.717) is 28.8 Å². The Morgan fingerprint density at radius 1 is 0.975 bits per heavy atom. The van der Waals surface area contributed by atoms with Gasteiger partial charge in [0.15, 0.2) is 0 Å². The van der Waals surface area contributed by atoms with E-state index in [9.17, 15) is 28.6 Å².